The molecule has 1 aliphatic rings. The summed E-state index contributed by atoms with van der Waals surface area (Å²) in [5, 5.41) is -0.496. The van der Waals surface area contributed by atoms with Gasteiger partial charge >= 0.3 is 0 Å². The van der Waals surface area contributed by atoms with E-state index in [1.54, 1.807) is 28.1 Å². The van der Waals surface area contributed by atoms with Crippen molar-refractivity contribution < 1.29 is 17.9 Å². The Bertz CT molecular complexity index is 909. The zero-order valence-electron chi connectivity index (χ0n) is 16.4. The Kier molecular flexibility index (Phi) is 5.49. The first-order chi connectivity index (χ1) is 12.8. The Labute approximate surface area is 161 Å². The Morgan fingerprint density at radius 3 is 2.04 bits per heavy atom. The van der Waals surface area contributed by atoms with Gasteiger partial charge in [-0.2, -0.15) is 0 Å². The molecule has 0 heterocycles. The van der Waals surface area contributed by atoms with Gasteiger partial charge in [-0.25, -0.2) is 13.1 Å². The average Bonchev–Trinajstić information content (AvgIpc) is 2.91. The molecule has 0 saturated carbocycles. The van der Waals surface area contributed by atoms with Crippen molar-refractivity contribution in [3.8, 4) is 11.5 Å². The van der Waals surface area contributed by atoms with E-state index in [1.165, 1.54) is 0 Å². The van der Waals surface area contributed by atoms with Crippen LogP contribution in [0.4, 0.5) is 0 Å². The molecule has 5 nitrogen and oxygen atoms in total. The van der Waals surface area contributed by atoms with E-state index in [2.05, 4.69) is 23.8 Å². The smallest absolute Gasteiger partial charge is 0.214 e. The minimum absolute atomic E-state index is 0.0488. The molecule has 0 radical (unpaired) electrons. The number of benzene rings is 2. The third-order valence-electron chi connectivity index (χ3n) is 5.38. The summed E-state index contributed by atoms with van der Waals surface area (Å²) in [6.07, 6.45) is 0. The highest BCUT2D eigenvalue weighted by atomic mass is 32.2. The summed E-state index contributed by atoms with van der Waals surface area (Å²) in [4.78, 5) is 0. The van der Waals surface area contributed by atoms with Gasteiger partial charge in [0.2, 0.25) is 10.0 Å². The highest BCUT2D eigenvalue weighted by Gasteiger charge is 2.42. The Morgan fingerprint density at radius 2 is 1.52 bits per heavy atom. The van der Waals surface area contributed by atoms with E-state index in [1.807, 2.05) is 30.3 Å². The van der Waals surface area contributed by atoms with E-state index in [9.17, 15) is 8.42 Å². The second-order valence-electron chi connectivity index (χ2n) is 7.27. The van der Waals surface area contributed by atoms with Gasteiger partial charge in [-0.3, -0.25) is 0 Å². The predicted molar refractivity (Wildman–Crippen MR) is 107 cm³/mol. The number of nitrogens with one attached hydrogen (secondary N) is 1. The third-order valence-corrected chi connectivity index (χ3v) is 7.21. The number of sulfonamides is 1. The van der Waals surface area contributed by atoms with Crippen molar-refractivity contribution in [2.75, 3.05) is 14.2 Å². The number of ether oxygens (including phenoxy) is 2. The summed E-state index contributed by atoms with van der Waals surface area (Å²) in [5.74, 6) is 1.37. The molecule has 27 heavy (non-hydrogen) atoms. The van der Waals surface area contributed by atoms with Gasteiger partial charge in [0.25, 0.3) is 0 Å². The van der Waals surface area contributed by atoms with Crippen LogP contribution < -0.4 is 14.2 Å². The molecule has 0 aromatic heterocycles. The van der Waals surface area contributed by atoms with Crippen LogP contribution in [-0.2, 0) is 10.0 Å². The molecule has 0 saturated heterocycles. The van der Waals surface area contributed by atoms with Crippen LogP contribution in [0.5, 0.6) is 11.5 Å². The summed E-state index contributed by atoms with van der Waals surface area (Å²) in [5.41, 5.74) is 3.17. The zero-order chi connectivity index (χ0) is 19.8. The van der Waals surface area contributed by atoms with Crippen LogP contribution in [0.1, 0.15) is 49.4 Å². The predicted octanol–water partition coefficient (Wildman–Crippen LogP) is 3.85. The second-order valence-corrected chi connectivity index (χ2v) is 9.54. The number of fused-ring (bicyclic) bond motifs is 1. The van der Waals surface area contributed by atoms with E-state index >= 15 is 0 Å². The maximum atomic E-state index is 12.6. The number of hydrogen-bond acceptors (Lipinski definition) is 4. The van der Waals surface area contributed by atoms with E-state index in [0.29, 0.717) is 11.5 Å². The van der Waals surface area contributed by atoms with Crippen LogP contribution in [0.15, 0.2) is 42.5 Å². The van der Waals surface area contributed by atoms with Gasteiger partial charge in [0.1, 0.15) is 0 Å². The van der Waals surface area contributed by atoms with Crippen molar-refractivity contribution in [3.63, 3.8) is 0 Å². The maximum Gasteiger partial charge on any atom is 0.214 e. The van der Waals surface area contributed by atoms with E-state index in [0.717, 1.165) is 16.7 Å². The standard InChI is InChI=1S/C21H27NO4S/c1-13(2)27(23,24)22-21-14(3)20(15-9-7-6-8-10-15)16-11-18(25-4)19(26-5)12-17(16)21/h6-14,20-22H,1-5H3/t14-,20+,21-/m1/s1. The molecule has 3 atom stereocenters. The highest BCUT2D eigenvalue weighted by Crippen LogP contribution is 2.51. The first kappa shape index (κ1) is 19.7. The van der Waals surface area contributed by atoms with Crippen LogP contribution in [0.3, 0.4) is 0 Å². The highest BCUT2D eigenvalue weighted by molar-refractivity contribution is 7.90. The van der Waals surface area contributed by atoms with Crippen molar-refractivity contribution >= 4 is 10.0 Å². The molecule has 0 aliphatic heterocycles. The van der Waals surface area contributed by atoms with Gasteiger partial charge < -0.3 is 9.47 Å². The first-order valence-corrected chi connectivity index (χ1v) is 10.7. The van der Waals surface area contributed by atoms with E-state index in [4.69, 9.17) is 9.47 Å². The topological polar surface area (TPSA) is 64.6 Å². The molecule has 6 heteroatoms. The fourth-order valence-electron chi connectivity index (χ4n) is 3.84. The summed E-state index contributed by atoms with van der Waals surface area (Å²) in [7, 11) is -0.222. The largest absolute Gasteiger partial charge is 0.493 e. The Hall–Kier alpha value is -2.05. The van der Waals surface area contributed by atoms with Crippen LogP contribution in [0.2, 0.25) is 0 Å². The van der Waals surface area contributed by atoms with Gasteiger partial charge in [0.15, 0.2) is 11.5 Å². The van der Waals surface area contributed by atoms with Gasteiger partial charge in [-0.05, 0) is 48.6 Å². The lowest BCUT2D eigenvalue weighted by atomic mass is 9.86. The Morgan fingerprint density at radius 1 is 0.963 bits per heavy atom. The molecule has 0 spiro atoms. The van der Waals surface area contributed by atoms with Gasteiger partial charge in [-0.1, -0.05) is 37.3 Å². The third kappa shape index (κ3) is 3.56. The minimum atomic E-state index is -3.42. The van der Waals surface area contributed by atoms with E-state index in [-0.39, 0.29) is 17.9 Å². The van der Waals surface area contributed by atoms with Crippen molar-refractivity contribution in [2.24, 2.45) is 5.92 Å². The SMILES string of the molecule is COc1cc2c(cc1OC)[C@H](NS(=O)(=O)C(C)C)[C@H](C)[C@H]2c1ccccc1. The van der Waals surface area contributed by atoms with Crippen molar-refractivity contribution in [3.05, 3.63) is 59.2 Å². The maximum absolute atomic E-state index is 12.6. The Balaban J connectivity index is 2.16. The van der Waals surface area contributed by atoms with Crippen LogP contribution in [0.25, 0.3) is 0 Å². The molecule has 146 valence electrons. The summed E-state index contributed by atoms with van der Waals surface area (Å²) in [6, 6.07) is 13.7. The molecule has 0 fully saturated rings. The fourth-order valence-corrected chi connectivity index (χ4v) is 4.80. The first-order valence-electron chi connectivity index (χ1n) is 9.12. The van der Waals surface area contributed by atoms with Gasteiger partial charge in [-0.15, -0.1) is 0 Å². The quantitative estimate of drug-likeness (QED) is 0.815. The summed E-state index contributed by atoms with van der Waals surface area (Å²) in [6.45, 7) is 5.46. The minimum Gasteiger partial charge on any atom is -0.493 e. The van der Waals surface area contributed by atoms with Crippen LogP contribution >= 0.6 is 0 Å². The van der Waals surface area contributed by atoms with Crippen LogP contribution in [-0.4, -0.2) is 27.9 Å². The zero-order valence-corrected chi connectivity index (χ0v) is 17.2. The summed E-state index contributed by atoms with van der Waals surface area (Å²) >= 11 is 0. The van der Waals surface area contributed by atoms with Crippen LogP contribution in [0, 0.1) is 5.92 Å². The molecule has 0 unspecified atom stereocenters. The molecular formula is C21H27NO4S. The molecule has 1 aliphatic carbocycles. The lowest BCUT2D eigenvalue weighted by molar-refractivity contribution is 0.354. The molecule has 3 rings (SSSR count). The van der Waals surface area contributed by atoms with E-state index < -0.39 is 15.3 Å². The molecule has 1 N–H and O–H groups in total. The monoisotopic (exact) mass is 389 g/mol. The van der Waals surface area contributed by atoms with Crippen molar-refractivity contribution in [2.45, 2.75) is 38.0 Å². The number of hydrogen-bond donors (Lipinski definition) is 1. The van der Waals surface area contributed by atoms with Crippen molar-refractivity contribution in [1.29, 1.82) is 0 Å². The second kappa shape index (κ2) is 7.52. The number of rotatable bonds is 6. The average molecular weight is 390 g/mol. The fraction of sp³-hybridized carbons (Fsp3) is 0.429. The summed E-state index contributed by atoms with van der Waals surface area (Å²) < 4.78 is 39.1. The molecule has 2 aromatic carbocycles. The normalized spacial score (nSPS) is 21.9. The van der Waals surface area contributed by atoms with Gasteiger partial charge in [0.05, 0.1) is 25.5 Å². The molecule has 2 aromatic rings. The molecule has 0 amide bonds. The molecular weight excluding hydrogens is 362 g/mol. The lowest BCUT2D eigenvalue weighted by Gasteiger charge is -2.23. The number of methoxy groups -OCH3 is 2. The lowest BCUT2D eigenvalue weighted by Crippen LogP contribution is -2.36. The molecule has 0 bridgehead atoms. The van der Waals surface area contributed by atoms with Crippen molar-refractivity contribution in [1.82, 2.24) is 4.72 Å². The van der Waals surface area contributed by atoms with Gasteiger partial charge in [0, 0.05) is 5.92 Å².